The predicted octanol–water partition coefficient (Wildman–Crippen LogP) is 3.17. The average molecular weight is 219 g/mol. The van der Waals surface area contributed by atoms with E-state index in [0.29, 0.717) is 5.92 Å². The summed E-state index contributed by atoms with van der Waals surface area (Å²) in [5.74, 6) is 3.78. The van der Waals surface area contributed by atoms with Crippen LogP contribution in [0.2, 0.25) is 0 Å². The van der Waals surface area contributed by atoms with Crippen molar-refractivity contribution in [1.82, 2.24) is 0 Å². The van der Waals surface area contributed by atoms with Crippen molar-refractivity contribution in [3.05, 3.63) is 23.7 Å². The van der Waals surface area contributed by atoms with E-state index < -0.39 is 0 Å². The fraction of sp³-hybridized carbons (Fsp3) is 0.714. The summed E-state index contributed by atoms with van der Waals surface area (Å²) in [6.45, 7) is 6.51. The van der Waals surface area contributed by atoms with Crippen molar-refractivity contribution in [3.8, 4) is 0 Å². The SMILES string of the molecule is CC1CC1c1ccc(C2(C(C)(C)N)CC2)o1. The number of furan rings is 1. The van der Waals surface area contributed by atoms with Gasteiger partial charge in [-0.15, -0.1) is 0 Å². The highest BCUT2D eigenvalue weighted by molar-refractivity contribution is 5.31. The lowest BCUT2D eigenvalue weighted by molar-refractivity contribution is 0.319. The number of nitrogens with two attached hydrogens (primary N) is 1. The Morgan fingerprint density at radius 3 is 2.44 bits per heavy atom. The second-order valence-corrected chi connectivity index (χ2v) is 6.33. The summed E-state index contributed by atoms with van der Waals surface area (Å²) in [7, 11) is 0. The van der Waals surface area contributed by atoms with E-state index in [2.05, 4.69) is 32.9 Å². The van der Waals surface area contributed by atoms with Crippen LogP contribution < -0.4 is 5.73 Å². The largest absolute Gasteiger partial charge is 0.465 e. The molecule has 0 aromatic carbocycles. The van der Waals surface area contributed by atoms with Crippen LogP contribution in [0.4, 0.5) is 0 Å². The zero-order valence-corrected chi connectivity index (χ0v) is 10.4. The second-order valence-electron chi connectivity index (χ2n) is 6.33. The van der Waals surface area contributed by atoms with E-state index in [-0.39, 0.29) is 11.0 Å². The van der Waals surface area contributed by atoms with Gasteiger partial charge in [0.2, 0.25) is 0 Å². The fourth-order valence-corrected chi connectivity index (χ4v) is 2.86. The van der Waals surface area contributed by atoms with Crippen molar-refractivity contribution in [2.24, 2.45) is 11.7 Å². The topological polar surface area (TPSA) is 39.2 Å². The first kappa shape index (κ1) is 10.4. The Hall–Kier alpha value is -0.760. The molecule has 2 saturated carbocycles. The van der Waals surface area contributed by atoms with Gasteiger partial charge < -0.3 is 10.2 Å². The molecule has 0 spiro atoms. The van der Waals surface area contributed by atoms with Gasteiger partial charge in [-0.05, 0) is 51.2 Å². The minimum Gasteiger partial charge on any atom is -0.465 e. The maximum absolute atomic E-state index is 6.28. The highest BCUT2D eigenvalue weighted by Gasteiger charge is 2.56. The summed E-state index contributed by atoms with van der Waals surface area (Å²) in [4.78, 5) is 0. The lowest BCUT2D eigenvalue weighted by Crippen LogP contribution is -2.45. The molecule has 16 heavy (non-hydrogen) atoms. The fourth-order valence-electron chi connectivity index (χ4n) is 2.86. The molecule has 2 unspecified atom stereocenters. The standard InChI is InChI=1S/C14H21NO/c1-9-8-10(9)11-4-5-12(16-11)14(6-7-14)13(2,3)15/h4-5,9-10H,6-8,15H2,1-3H3. The van der Waals surface area contributed by atoms with Crippen molar-refractivity contribution in [1.29, 1.82) is 0 Å². The molecule has 2 fully saturated rings. The minimum atomic E-state index is -0.169. The van der Waals surface area contributed by atoms with Crippen LogP contribution in [0, 0.1) is 5.92 Å². The van der Waals surface area contributed by atoms with Crippen molar-refractivity contribution >= 4 is 0 Å². The number of hydrogen-bond donors (Lipinski definition) is 1. The lowest BCUT2D eigenvalue weighted by atomic mass is 9.83. The third-order valence-corrected chi connectivity index (χ3v) is 4.56. The molecular weight excluding hydrogens is 198 g/mol. The normalized spacial score (nSPS) is 31.5. The van der Waals surface area contributed by atoms with Gasteiger partial charge in [0.25, 0.3) is 0 Å². The van der Waals surface area contributed by atoms with Gasteiger partial charge in [0.15, 0.2) is 0 Å². The molecule has 2 aliphatic carbocycles. The van der Waals surface area contributed by atoms with E-state index in [1.54, 1.807) is 0 Å². The summed E-state index contributed by atoms with van der Waals surface area (Å²) < 4.78 is 6.05. The van der Waals surface area contributed by atoms with Crippen molar-refractivity contribution < 1.29 is 4.42 Å². The molecule has 88 valence electrons. The van der Waals surface area contributed by atoms with Crippen LogP contribution in [0.15, 0.2) is 16.5 Å². The first-order valence-corrected chi connectivity index (χ1v) is 6.33. The molecule has 1 heterocycles. The van der Waals surface area contributed by atoms with E-state index in [4.69, 9.17) is 10.2 Å². The van der Waals surface area contributed by atoms with Gasteiger partial charge >= 0.3 is 0 Å². The van der Waals surface area contributed by atoms with Gasteiger partial charge in [-0.2, -0.15) is 0 Å². The summed E-state index contributed by atoms with van der Waals surface area (Å²) in [6.07, 6.45) is 3.62. The molecule has 3 rings (SSSR count). The van der Waals surface area contributed by atoms with Crippen LogP contribution in [0.1, 0.15) is 57.5 Å². The van der Waals surface area contributed by atoms with Crippen LogP contribution in [-0.4, -0.2) is 5.54 Å². The van der Waals surface area contributed by atoms with E-state index in [0.717, 1.165) is 11.7 Å². The van der Waals surface area contributed by atoms with Crippen LogP contribution in [-0.2, 0) is 5.41 Å². The first-order chi connectivity index (χ1) is 7.44. The molecule has 0 radical (unpaired) electrons. The van der Waals surface area contributed by atoms with E-state index in [1.165, 1.54) is 25.0 Å². The third-order valence-electron chi connectivity index (χ3n) is 4.56. The highest BCUT2D eigenvalue weighted by atomic mass is 16.3. The summed E-state index contributed by atoms with van der Waals surface area (Å²) in [6, 6.07) is 4.32. The minimum absolute atomic E-state index is 0.114. The van der Waals surface area contributed by atoms with Gasteiger partial charge in [-0.3, -0.25) is 0 Å². The van der Waals surface area contributed by atoms with Crippen molar-refractivity contribution in [2.45, 2.75) is 56.9 Å². The quantitative estimate of drug-likeness (QED) is 0.848. The van der Waals surface area contributed by atoms with E-state index in [1.807, 2.05) is 0 Å². The van der Waals surface area contributed by atoms with Gasteiger partial charge in [0.05, 0.1) is 0 Å². The maximum atomic E-state index is 6.28. The van der Waals surface area contributed by atoms with Crippen LogP contribution in [0.3, 0.4) is 0 Å². The molecular formula is C14H21NO. The molecule has 2 nitrogen and oxygen atoms in total. The summed E-state index contributed by atoms with van der Waals surface area (Å²) in [5.41, 5.74) is 6.22. The second kappa shape index (κ2) is 2.92. The molecule has 2 N–H and O–H groups in total. The smallest absolute Gasteiger partial charge is 0.112 e. The van der Waals surface area contributed by atoms with E-state index >= 15 is 0 Å². The monoisotopic (exact) mass is 219 g/mol. The Labute approximate surface area is 97.2 Å². The van der Waals surface area contributed by atoms with Gasteiger partial charge in [0.1, 0.15) is 11.5 Å². The molecule has 2 heteroatoms. The Bertz CT molecular complexity index is 409. The predicted molar refractivity (Wildman–Crippen MR) is 64.4 cm³/mol. The van der Waals surface area contributed by atoms with E-state index in [9.17, 15) is 0 Å². The Balaban J connectivity index is 1.88. The Morgan fingerprint density at radius 1 is 1.38 bits per heavy atom. The summed E-state index contributed by atoms with van der Waals surface area (Å²) >= 11 is 0. The average Bonchev–Trinajstić information content (AvgIpc) is 3.07. The molecule has 1 aromatic rings. The van der Waals surface area contributed by atoms with Crippen LogP contribution in [0.5, 0.6) is 0 Å². The zero-order valence-electron chi connectivity index (χ0n) is 10.4. The molecule has 2 atom stereocenters. The Morgan fingerprint density at radius 2 is 2.00 bits per heavy atom. The number of rotatable bonds is 3. The van der Waals surface area contributed by atoms with Gasteiger partial charge in [-0.25, -0.2) is 0 Å². The Kier molecular flexibility index (Phi) is 1.90. The number of hydrogen-bond acceptors (Lipinski definition) is 2. The first-order valence-electron chi connectivity index (χ1n) is 6.33. The lowest BCUT2D eigenvalue weighted by Gasteiger charge is -2.28. The van der Waals surface area contributed by atoms with Gasteiger partial charge in [0, 0.05) is 16.9 Å². The van der Waals surface area contributed by atoms with Crippen LogP contribution >= 0.6 is 0 Å². The molecule has 0 aliphatic heterocycles. The molecule has 0 amide bonds. The molecule has 2 aliphatic rings. The molecule has 0 saturated heterocycles. The zero-order chi connectivity index (χ0) is 11.6. The van der Waals surface area contributed by atoms with Gasteiger partial charge in [-0.1, -0.05) is 6.92 Å². The molecule has 0 bridgehead atoms. The van der Waals surface area contributed by atoms with Crippen molar-refractivity contribution in [2.75, 3.05) is 0 Å². The third kappa shape index (κ3) is 1.36. The van der Waals surface area contributed by atoms with Crippen LogP contribution in [0.25, 0.3) is 0 Å². The van der Waals surface area contributed by atoms with Crippen molar-refractivity contribution in [3.63, 3.8) is 0 Å². The molecule has 1 aromatic heterocycles. The summed E-state index contributed by atoms with van der Waals surface area (Å²) in [5, 5.41) is 0. The maximum Gasteiger partial charge on any atom is 0.112 e. The highest BCUT2D eigenvalue weighted by Crippen LogP contribution is 2.56.